The molecular formula is C30H30N4O3. The minimum absolute atomic E-state index is 0.0308. The van der Waals surface area contributed by atoms with Gasteiger partial charge in [-0.15, -0.1) is 0 Å². The van der Waals surface area contributed by atoms with Crippen LogP contribution in [0.1, 0.15) is 29.4 Å². The molecule has 0 bridgehead atoms. The summed E-state index contributed by atoms with van der Waals surface area (Å²) in [5, 5.41) is 0.539. The van der Waals surface area contributed by atoms with Crippen molar-refractivity contribution in [2.24, 2.45) is 0 Å². The van der Waals surface area contributed by atoms with Gasteiger partial charge >= 0.3 is 0 Å². The number of amides is 1. The quantitative estimate of drug-likeness (QED) is 0.409. The highest BCUT2D eigenvalue weighted by Gasteiger charge is 2.28. The molecule has 37 heavy (non-hydrogen) atoms. The molecular weight excluding hydrogens is 464 g/mol. The largest absolute Gasteiger partial charge is 0.484 e. The molecule has 0 spiro atoms. The summed E-state index contributed by atoms with van der Waals surface area (Å²) in [5.41, 5.74) is 3.16. The number of hydrogen-bond donors (Lipinski definition) is 0. The van der Waals surface area contributed by atoms with E-state index in [9.17, 15) is 9.59 Å². The van der Waals surface area contributed by atoms with Crippen molar-refractivity contribution in [3.05, 3.63) is 106 Å². The molecule has 7 nitrogen and oxygen atoms in total. The normalized spacial score (nSPS) is 15.8. The number of piperazine rings is 1. The van der Waals surface area contributed by atoms with Crippen molar-refractivity contribution in [2.45, 2.75) is 25.4 Å². The van der Waals surface area contributed by atoms with Crippen molar-refractivity contribution in [2.75, 3.05) is 32.8 Å². The van der Waals surface area contributed by atoms with Crippen LogP contribution in [-0.2, 0) is 17.8 Å². The third kappa shape index (κ3) is 4.74. The van der Waals surface area contributed by atoms with Gasteiger partial charge in [0, 0.05) is 39.1 Å². The zero-order valence-electron chi connectivity index (χ0n) is 20.8. The first-order valence-electron chi connectivity index (χ1n) is 13.0. The van der Waals surface area contributed by atoms with E-state index in [1.807, 2.05) is 23.1 Å². The van der Waals surface area contributed by atoms with Gasteiger partial charge in [-0.2, -0.15) is 0 Å². The van der Waals surface area contributed by atoms with Crippen LogP contribution in [0.5, 0.6) is 5.75 Å². The highest BCUT2D eigenvalue weighted by molar-refractivity contribution is 5.80. The molecule has 1 fully saturated rings. The number of benzene rings is 3. The number of rotatable bonds is 6. The van der Waals surface area contributed by atoms with Gasteiger partial charge in [0.1, 0.15) is 11.6 Å². The third-order valence-electron chi connectivity index (χ3n) is 7.41. The van der Waals surface area contributed by atoms with Crippen molar-refractivity contribution in [3.63, 3.8) is 0 Å². The second kappa shape index (κ2) is 10.2. The molecule has 0 radical (unpaired) electrons. The van der Waals surface area contributed by atoms with Crippen LogP contribution in [0.2, 0.25) is 0 Å². The molecule has 0 atom stereocenters. The highest BCUT2D eigenvalue weighted by Crippen LogP contribution is 2.29. The van der Waals surface area contributed by atoms with Gasteiger partial charge in [-0.1, -0.05) is 60.7 Å². The Morgan fingerprint density at radius 1 is 0.865 bits per heavy atom. The molecule has 6 rings (SSSR count). The predicted molar refractivity (Wildman–Crippen MR) is 143 cm³/mol. The number of carbonyl (C=O) groups excluding carboxylic acids is 1. The van der Waals surface area contributed by atoms with Crippen LogP contribution in [0.3, 0.4) is 0 Å². The summed E-state index contributed by atoms with van der Waals surface area (Å²) in [5.74, 6) is 1.33. The Kier molecular flexibility index (Phi) is 6.45. The summed E-state index contributed by atoms with van der Waals surface area (Å²) in [4.78, 5) is 34.7. The molecule has 3 heterocycles. The van der Waals surface area contributed by atoms with Crippen LogP contribution in [-0.4, -0.2) is 58.0 Å². The van der Waals surface area contributed by atoms with Crippen LogP contribution >= 0.6 is 0 Å². The monoisotopic (exact) mass is 494 g/mol. The summed E-state index contributed by atoms with van der Waals surface area (Å²) in [6, 6.07) is 26.5. The van der Waals surface area contributed by atoms with Crippen molar-refractivity contribution in [1.29, 1.82) is 0 Å². The number of ether oxygens (including phenoxy) is 1. The smallest absolute Gasteiger partial charge is 0.261 e. The number of nitrogens with zero attached hydrogens (tertiary/aromatic N) is 4. The Bertz CT molecular complexity index is 1420. The Balaban J connectivity index is 1.10. The first-order valence-corrected chi connectivity index (χ1v) is 13.0. The molecule has 2 aliphatic rings. The van der Waals surface area contributed by atoms with E-state index in [1.165, 1.54) is 11.1 Å². The average molecular weight is 495 g/mol. The molecule has 0 unspecified atom stereocenters. The van der Waals surface area contributed by atoms with E-state index >= 15 is 0 Å². The first kappa shape index (κ1) is 23.4. The highest BCUT2D eigenvalue weighted by atomic mass is 16.5. The molecule has 0 aliphatic carbocycles. The topological polar surface area (TPSA) is 67.7 Å². The van der Waals surface area contributed by atoms with E-state index in [0.717, 1.165) is 31.8 Å². The number of aryl methyl sites for hydroxylation is 1. The fraction of sp³-hybridized carbons (Fsp3) is 0.300. The summed E-state index contributed by atoms with van der Waals surface area (Å²) >= 11 is 0. The summed E-state index contributed by atoms with van der Waals surface area (Å²) in [6.45, 7) is 3.52. The Morgan fingerprint density at radius 3 is 2.22 bits per heavy atom. The second-order valence-corrected chi connectivity index (χ2v) is 9.70. The molecule has 0 saturated carbocycles. The Hall–Kier alpha value is -3.97. The van der Waals surface area contributed by atoms with Crippen LogP contribution in [0.4, 0.5) is 0 Å². The number of fused-ring (bicyclic) bond motifs is 2. The van der Waals surface area contributed by atoms with Gasteiger partial charge in [-0.25, -0.2) is 4.98 Å². The van der Waals surface area contributed by atoms with E-state index in [1.54, 1.807) is 16.7 Å². The molecule has 7 heteroatoms. The Labute approximate surface area is 215 Å². The standard InChI is InChI=1S/C30H30N4O3/c35-28(21-37-24-13-14-26-25(20-24)30(36)34-15-7-12-27(34)31-26)32-16-18-33(19-17-32)29(22-8-3-1-4-9-22)23-10-5-2-6-11-23/h1-6,8-11,13-14,20,29H,7,12,15-19,21H2. The lowest BCUT2D eigenvalue weighted by Crippen LogP contribution is -2.51. The maximum atomic E-state index is 13.0. The number of aromatic nitrogens is 2. The van der Waals surface area contributed by atoms with Gasteiger partial charge in [0.05, 0.1) is 16.9 Å². The van der Waals surface area contributed by atoms with Crippen molar-refractivity contribution < 1.29 is 9.53 Å². The van der Waals surface area contributed by atoms with Gasteiger partial charge in [0.15, 0.2) is 6.61 Å². The van der Waals surface area contributed by atoms with E-state index in [4.69, 9.17) is 4.74 Å². The summed E-state index contributed by atoms with van der Waals surface area (Å²) < 4.78 is 7.58. The minimum atomic E-state index is -0.0496. The SMILES string of the molecule is O=C(COc1ccc2nc3n(c(=O)c2c1)CCC3)N1CCN(C(c2ccccc2)c2ccccc2)CC1. The van der Waals surface area contributed by atoms with Crippen molar-refractivity contribution in [1.82, 2.24) is 19.4 Å². The zero-order valence-corrected chi connectivity index (χ0v) is 20.8. The molecule has 3 aromatic carbocycles. The molecule has 1 saturated heterocycles. The molecule has 0 N–H and O–H groups in total. The van der Waals surface area contributed by atoms with Crippen molar-refractivity contribution in [3.8, 4) is 5.75 Å². The van der Waals surface area contributed by atoms with Gasteiger partial charge in [0.2, 0.25) is 0 Å². The van der Waals surface area contributed by atoms with Gasteiger partial charge in [-0.3, -0.25) is 19.1 Å². The van der Waals surface area contributed by atoms with E-state index < -0.39 is 0 Å². The fourth-order valence-electron chi connectivity index (χ4n) is 5.50. The maximum Gasteiger partial charge on any atom is 0.261 e. The summed E-state index contributed by atoms with van der Waals surface area (Å²) in [6.07, 6.45) is 1.78. The minimum Gasteiger partial charge on any atom is -0.484 e. The van der Waals surface area contributed by atoms with Crippen LogP contribution < -0.4 is 10.3 Å². The molecule has 188 valence electrons. The maximum absolute atomic E-state index is 13.0. The molecule has 1 amide bonds. The van der Waals surface area contributed by atoms with Crippen molar-refractivity contribution >= 4 is 16.8 Å². The van der Waals surface area contributed by atoms with Gasteiger partial charge < -0.3 is 9.64 Å². The average Bonchev–Trinajstić information content (AvgIpc) is 3.43. The first-order chi connectivity index (χ1) is 18.2. The van der Waals surface area contributed by atoms with E-state index in [2.05, 4.69) is 58.4 Å². The third-order valence-corrected chi connectivity index (χ3v) is 7.41. The van der Waals surface area contributed by atoms with Gasteiger partial charge in [-0.05, 0) is 35.7 Å². The van der Waals surface area contributed by atoms with E-state index in [-0.39, 0.29) is 24.1 Å². The second-order valence-electron chi connectivity index (χ2n) is 9.70. The summed E-state index contributed by atoms with van der Waals surface area (Å²) in [7, 11) is 0. The molecule has 2 aliphatic heterocycles. The van der Waals surface area contributed by atoms with Crippen LogP contribution in [0.15, 0.2) is 83.7 Å². The predicted octanol–water partition coefficient (Wildman–Crippen LogP) is 3.66. The lowest BCUT2D eigenvalue weighted by molar-refractivity contribution is -0.135. The molecule has 4 aromatic rings. The number of carbonyl (C=O) groups is 1. The Morgan fingerprint density at radius 2 is 1.54 bits per heavy atom. The zero-order chi connectivity index (χ0) is 25.2. The lowest BCUT2D eigenvalue weighted by Gasteiger charge is -2.39. The fourth-order valence-corrected chi connectivity index (χ4v) is 5.50. The lowest BCUT2D eigenvalue weighted by atomic mass is 9.96. The number of hydrogen-bond acceptors (Lipinski definition) is 5. The van der Waals surface area contributed by atoms with E-state index in [0.29, 0.717) is 36.3 Å². The van der Waals surface area contributed by atoms with Gasteiger partial charge in [0.25, 0.3) is 11.5 Å². The van der Waals surface area contributed by atoms with Crippen LogP contribution in [0, 0.1) is 0 Å². The van der Waals surface area contributed by atoms with Crippen LogP contribution in [0.25, 0.3) is 10.9 Å². The molecule has 1 aromatic heterocycles.